The first-order valence-corrected chi connectivity index (χ1v) is 5.92. The Kier molecular flexibility index (Phi) is 6.36. The summed E-state index contributed by atoms with van der Waals surface area (Å²) in [5.41, 5.74) is 0. The number of hydrogen-bond acceptors (Lipinski definition) is 3. The second kappa shape index (κ2) is 7.65. The van der Waals surface area contributed by atoms with Gasteiger partial charge in [0, 0.05) is 32.7 Å². The molecule has 4 heteroatoms. The number of amides is 1. The SMILES string of the molecule is CCNC(=O)CCNCC1CCCCO1. The van der Waals surface area contributed by atoms with Crippen LogP contribution < -0.4 is 10.6 Å². The van der Waals surface area contributed by atoms with E-state index in [4.69, 9.17) is 4.74 Å². The highest BCUT2D eigenvalue weighted by molar-refractivity contribution is 5.75. The maximum Gasteiger partial charge on any atom is 0.221 e. The summed E-state index contributed by atoms with van der Waals surface area (Å²) in [6, 6.07) is 0. The minimum atomic E-state index is 0.120. The van der Waals surface area contributed by atoms with Crippen LogP contribution in [0, 0.1) is 0 Å². The fraction of sp³-hybridized carbons (Fsp3) is 0.909. The van der Waals surface area contributed by atoms with E-state index in [-0.39, 0.29) is 5.91 Å². The lowest BCUT2D eigenvalue weighted by Crippen LogP contribution is -2.34. The number of hydrogen-bond donors (Lipinski definition) is 2. The Morgan fingerprint density at radius 3 is 3.00 bits per heavy atom. The number of nitrogens with one attached hydrogen (secondary N) is 2. The van der Waals surface area contributed by atoms with Crippen LogP contribution >= 0.6 is 0 Å². The first-order valence-electron chi connectivity index (χ1n) is 5.92. The second-order valence-corrected chi connectivity index (χ2v) is 3.90. The van der Waals surface area contributed by atoms with Crippen LogP contribution in [0.5, 0.6) is 0 Å². The normalized spacial score (nSPS) is 21.3. The zero-order valence-electron chi connectivity index (χ0n) is 9.55. The van der Waals surface area contributed by atoms with E-state index in [1.165, 1.54) is 12.8 Å². The standard InChI is InChI=1S/C11H22N2O2/c1-2-13-11(14)6-7-12-9-10-5-3-4-8-15-10/h10,12H,2-9H2,1H3,(H,13,14). The second-order valence-electron chi connectivity index (χ2n) is 3.90. The van der Waals surface area contributed by atoms with Gasteiger partial charge in [0.05, 0.1) is 6.10 Å². The molecule has 0 bridgehead atoms. The smallest absolute Gasteiger partial charge is 0.221 e. The van der Waals surface area contributed by atoms with E-state index in [0.717, 1.165) is 26.1 Å². The average Bonchev–Trinajstić information content (AvgIpc) is 2.26. The Labute approximate surface area is 91.8 Å². The molecule has 1 fully saturated rings. The zero-order chi connectivity index (χ0) is 10.9. The van der Waals surface area contributed by atoms with E-state index < -0.39 is 0 Å². The highest BCUT2D eigenvalue weighted by Crippen LogP contribution is 2.11. The van der Waals surface area contributed by atoms with E-state index in [0.29, 0.717) is 19.1 Å². The number of carbonyl (C=O) groups excluding carboxylic acids is 1. The molecular formula is C11H22N2O2. The molecule has 88 valence electrons. The van der Waals surface area contributed by atoms with Gasteiger partial charge in [0.1, 0.15) is 0 Å². The van der Waals surface area contributed by atoms with Crippen LogP contribution in [0.25, 0.3) is 0 Å². The quantitative estimate of drug-likeness (QED) is 0.639. The van der Waals surface area contributed by atoms with Gasteiger partial charge in [-0.05, 0) is 26.2 Å². The average molecular weight is 214 g/mol. The Balaban J connectivity index is 1.93. The molecule has 1 atom stereocenters. The number of ether oxygens (including phenoxy) is 1. The Morgan fingerprint density at radius 1 is 1.47 bits per heavy atom. The van der Waals surface area contributed by atoms with Crippen molar-refractivity contribution in [2.75, 3.05) is 26.2 Å². The Morgan fingerprint density at radius 2 is 2.33 bits per heavy atom. The maximum absolute atomic E-state index is 11.1. The van der Waals surface area contributed by atoms with Gasteiger partial charge in [-0.2, -0.15) is 0 Å². The molecule has 1 amide bonds. The van der Waals surface area contributed by atoms with E-state index in [1.807, 2.05) is 6.92 Å². The predicted octanol–water partition coefficient (Wildman–Crippen LogP) is 0.671. The number of carbonyl (C=O) groups is 1. The molecule has 0 aromatic heterocycles. The van der Waals surface area contributed by atoms with Gasteiger partial charge in [0.25, 0.3) is 0 Å². The molecule has 0 aliphatic carbocycles. The summed E-state index contributed by atoms with van der Waals surface area (Å²) in [5.74, 6) is 0.120. The van der Waals surface area contributed by atoms with Crippen molar-refractivity contribution in [3.63, 3.8) is 0 Å². The van der Waals surface area contributed by atoms with Crippen molar-refractivity contribution in [2.45, 2.75) is 38.7 Å². The van der Waals surface area contributed by atoms with Gasteiger partial charge in [-0.1, -0.05) is 0 Å². The fourth-order valence-electron chi connectivity index (χ4n) is 1.72. The van der Waals surface area contributed by atoms with Crippen molar-refractivity contribution in [1.82, 2.24) is 10.6 Å². The van der Waals surface area contributed by atoms with Crippen LogP contribution in [0.3, 0.4) is 0 Å². The lowest BCUT2D eigenvalue weighted by atomic mass is 10.1. The molecule has 1 heterocycles. The Hall–Kier alpha value is -0.610. The molecule has 0 aromatic rings. The van der Waals surface area contributed by atoms with Crippen LogP contribution in [0.1, 0.15) is 32.6 Å². The summed E-state index contributed by atoms with van der Waals surface area (Å²) in [6.45, 7) is 5.15. The van der Waals surface area contributed by atoms with Gasteiger partial charge < -0.3 is 15.4 Å². The molecule has 0 radical (unpaired) electrons. The molecule has 15 heavy (non-hydrogen) atoms. The third-order valence-corrected chi connectivity index (χ3v) is 2.55. The lowest BCUT2D eigenvalue weighted by molar-refractivity contribution is -0.120. The van der Waals surface area contributed by atoms with Gasteiger partial charge >= 0.3 is 0 Å². The van der Waals surface area contributed by atoms with Gasteiger partial charge in [-0.25, -0.2) is 0 Å². The monoisotopic (exact) mass is 214 g/mol. The van der Waals surface area contributed by atoms with Gasteiger partial charge in [0.2, 0.25) is 5.91 Å². The molecule has 0 aromatic carbocycles. The van der Waals surface area contributed by atoms with Gasteiger partial charge in [-0.15, -0.1) is 0 Å². The van der Waals surface area contributed by atoms with E-state index in [1.54, 1.807) is 0 Å². The van der Waals surface area contributed by atoms with Crippen LogP contribution in [0.2, 0.25) is 0 Å². The summed E-state index contributed by atoms with van der Waals surface area (Å²) in [6.07, 6.45) is 4.51. The van der Waals surface area contributed by atoms with Crippen molar-refractivity contribution in [2.24, 2.45) is 0 Å². The first kappa shape index (κ1) is 12.5. The molecule has 1 saturated heterocycles. The highest BCUT2D eigenvalue weighted by atomic mass is 16.5. The van der Waals surface area contributed by atoms with Crippen LogP contribution in [0.4, 0.5) is 0 Å². The number of rotatable bonds is 6. The third-order valence-electron chi connectivity index (χ3n) is 2.55. The fourth-order valence-corrected chi connectivity index (χ4v) is 1.72. The molecule has 0 spiro atoms. The van der Waals surface area contributed by atoms with E-state index in [9.17, 15) is 4.79 Å². The first-order chi connectivity index (χ1) is 7.33. The van der Waals surface area contributed by atoms with Crippen molar-refractivity contribution in [1.29, 1.82) is 0 Å². The topological polar surface area (TPSA) is 50.4 Å². The summed E-state index contributed by atoms with van der Waals surface area (Å²) in [7, 11) is 0. The summed E-state index contributed by atoms with van der Waals surface area (Å²) in [4.78, 5) is 11.1. The van der Waals surface area contributed by atoms with Crippen molar-refractivity contribution in [3.8, 4) is 0 Å². The van der Waals surface area contributed by atoms with E-state index in [2.05, 4.69) is 10.6 Å². The third kappa shape index (κ3) is 5.74. The van der Waals surface area contributed by atoms with Gasteiger partial charge in [0.15, 0.2) is 0 Å². The zero-order valence-corrected chi connectivity index (χ0v) is 9.55. The minimum Gasteiger partial charge on any atom is -0.377 e. The minimum absolute atomic E-state index is 0.120. The summed E-state index contributed by atoms with van der Waals surface area (Å²) < 4.78 is 5.57. The molecule has 1 unspecified atom stereocenters. The van der Waals surface area contributed by atoms with E-state index >= 15 is 0 Å². The van der Waals surface area contributed by atoms with Gasteiger partial charge in [-0.3, -0.25) is 4.79 Å². The molecule has 1 aliphatic rings. The lowest BCUT2D eigenvalue weighted by Gasteiger charge is -2.22. The maximum atomic E-state index is 11.1. The molecular weight excluding hydrogens is 192 g/mol. The highest BCUT2D eigenvalue weighted by Gasteiger charge is 2.12. The van der Waals surface area contributed by atoms with Crippen LogP contribution in [-0.2, 0) is 9.53 Å². The van der Waals surface area contributed by atoms with Crippen molar-refractivity contribution < 1.29 is 9.53 Å². The van der Waals surface area contributed by atoms with Crippen LogP contribution in [-0.4, -0.2) is 38.3 Å². The largest absolute Gasteiger partial charge is 0.377 e. The molecule has 2 N–H and O–H groups in total. The molecule has 0 saturated carbocycles. The molecule has 1 aliphatic heterocycles. The van der Waals surface area contributed by atoms with Crippen LogP contribution in [0.15, 0.2) is 0 Å². The Bertz CT molecular complexity index is 179. The van der Waals surface area contributed by atoms with Crippen molar-refractivity contribution in [3.05, 3.63) is 0 Å². The summed E-state index contributed by atoms with van der Waals surface area (Å²) in [5, 5.41) is 6.03. The molecule has 1 rings (SSSR count). The summed E-state index contributed by atoms with van der Waals surface area (Å²) >= 11 is 0. The molecule has 4 nitrogen and oxygen atoms in total. The predicted molar refractivity (Wildman–Crippen MR) is 59.8 cm³/mol. The van der Waals surface area contributed by atoms with Crippen molar-refractivity contribution >= 4 is 5.91 Å².